The van der Waals surface area contributed by atoms with Crippen molar-refractivity contribution in [3.05, 3.63) is 39.2 Å². The highest BCUT2D eigenvalue weighted by atomic mass is 16.6. The topological polar surface area (TPSA) is 243 Å². The molecule has 0 amide bonds. The number of nitrogens with zero attached hydrogens (tertiary/aromatic N) is 1. The van der Waals surface area contributed by atoms with Crippen LogP contribution in [-0.4, -0.2) is 120 Å². The molecule has 2 fully saturated rings. The molecule has 14 heteroatoms. The smallest absolute Gasteiger partial charge is 0.193 e. The van der Waals surface area contributed by atoms with Crippen molar-refractivity contribution < 1.29 is 59.8 Å². The van der Waals surface area contributed by atoms with Crippen LogP contribution in [0.15, 0.2) is 26.3 Å². The molecule has 2 aromatic rings. The quantitative estimate of drug-likeness (QED) is 0.163. The normalized spacial score (nSPS) is 35.9. The summed E-state index contributed by atoms with van der Waals surface area (Å²) in [6, 6.07) is 1.15. The molecule has 10 unspecified atom stereocenters. The van der Waals surface area contributed by atoms with Crippen LogP contribution in [0.5, 0.6) is 5.75 Å². The Kier molecular flexibility index (Phi) is 8.73. The first kappa shape index (κ1) is 29.5. The number of ether oxygens (including phenoxy) is 2. The monoisotopic (exact) mass is 555 g/mol. The first-order chi connectivity index (χ1) is 18.4. The molecule has 0 aliphatic carbocycles. The number of aliphatic imine (C=N–C) groups is 1. The van der Waals surface area contributed by atoms with E-state index in [0.29, 0.717) is 5.56 Å². The Morgan fingerprint density at radius 3 is 2.15 bits per heavy atom. The second-order valence-corrected chi connectivity index (χ2v) is 9.92. The Hall–Kier alpha value is -2.50. The van der Waals surface area contributed by atoms with Gasteiger partial charge in [0.05, 0.1) is 24.2 Å². The summed E-state index contributed by atoms with van der Waals surface area (Å²) in [4.78, 5) is 17.3. The number of phenols is 1. The van der Waals surface area contributed by atoms with Gasteiger partial charge in [0.2, 0.25) is 0 Å². The van der Waals surface area contributed by atoms with Crippen LogP contribution < -0.4 is 5.43 Å². The van der Waals surface area contributed by atoms with Crippen LogP contribution in [0.3, 0.4) is 0 Å². The highest BCUT2D eigenvalue weighted by Gasteiger charge is 2.46. The maximum atomic E-state index is 13.1. The average molecular weight is 556 g/mol. The maximum Gasteiger partial charge on any atom is 0.193 e. The zero-order valence-corrected chi connectivity index (χ0v) is 21.2. The standard InChI is InChI=1S/C25H33NO13/c1-8-3-11(29)16(24-22(35)21(34)19(32)13(6-27)38-24)23-15(8)12(30)5-10(37-23)4-9(2)26-17-20(33)18(31)14(7-28)39-25(17)36/h3,5,13-14,17-22,24-25,27-29,31-36H,4,6-7H2,1-2H3. The number of aromatic hydroxyl groups is 1. The Balaban J connectivity index is 1.73. The summed E-state index contributed by atoms with van der Waals surface area (Å²) in [6.07, 6.45) is -13.9. The van der Waals surface area contributed by atoms with Gasteiger partial charge in [-0.2, -0.15) is 0 Å². The summed E-state index contributed by atoms with van der Waals surface area (Å²) in [6.45, 7) is 1.74. The molecule has 0 saturated carbocycles. The Bertz CT molecular complexity index is 1280. The number of aryl methyl sites for hydroxylation is 1. The number of hydrogen-bond donors (Lipinski definition) is 9. The van der Waals surface area contributed by atoms with Crippen LogP contribution in [0.4, 0.5) is 0 Å². The van der Waals surface area contributed by atoms with Gasteiger partial charge in [-0.3, -0.25) is 9.79 Å². The highest BCUT2D eigenvalue weighted by molar-refractivity contribution is 5.87. The van der Waals surface area contributed by atoms with E-state index in [1.165, 1.54) is 19.1 Å². The van der Waals surface area contributed by atoms with E-state index in [1.807, 2.05) is 0 Å². The van der Waals surface area contributed by atoms with Crippen LogP contribution in [0, 0.1) is 6.92 Å². The number of rotatable bonds is 6. The average Bonchev–Trinajstić information content (AvgIpc) is 2.88. The van der Waals surface area contributed by atoms with Gasteiger partial charge in [-0.1, -0.05) is 0 Å². The zero-order valence-electron chi connectivity index (χ0n) is 21.2. The van der Waals surface area contributed by atoms with Crippen molar-refractivity contribution in [2.45, 2.75) is 81.4 Å². The summed E-state index contributed by atoms with van der Waals surface area (Å²) in [5, 5.41) is 91.3. The number of fused-ring (bicyclic) bond motifs is 1. The Morgan fingerprint density at radius 1 is 0.897 bits per heavy atom. The summed E-state index contributed by atoms with van der Waals surface area (Å²) in [5.41, 5.74) is -0.241. The molecule has 1 aromatic carbocycles. The Morgan fingerprint density at radius 2 is 1.51 bits per heavy atom. The first-order valence-corrected chi connectivity index (χ1v) is 12.3. The van der Waals surface area contributed by atoms with Crippen molar-refractivity contribution in [3.63, 3.8) is 0 Å². The van der Waals surface area contributed by atoms with Crippen molar-refractivity contribution in [1.82, 2.24) is 0 Å². The molecule has 10 atom stereocenters. The molecule has 3 heterocycles. The lowest BCUT2D eigenvalue weighted by Gasteiger charge is -2.40. The molecule has 2 aliphatic rings. The van der Waals surface area contributed by atoms with Crippen molar-refractivity contribution in [3.8, 4) is 5.75 Å². The van der Waals surface area contributed by atoms with Gasteiger partial charge in [0, 0.05) is 18.2 Å². The predicted molar refractivity (Wildman–Crippen MR) is 132 cm³/mol. The molecule has 4 rings (SSSR count). The minimum atomic E-state index is -1.75. The van der Waals surface area contributed by atoms with Crippen LogP contribution in [0.2, 0.25) is 0 Å². The van der Waals surface area contributed by atoms with Gasteiger partial charge in [-0.25, -0.2) is 0 Å². The third-order valence-corrected chi connectivity index (χ3v) is 7.11. The van der Waals surface area contributed by atoms with Gasteiger partial charge in [-0.05, 0) is 25.5 Å². The molecular weight excluding hydrogens is 522 g/mol. The second kappa shape index (κ2) is 11.5. The fraction of sp³-hybridized carbons (Fsp3) is 0.600. The van der Waals surface area contributed by atoms with E-state index < -0.39 is 85.6 Å². The first-order valence-electron chi connectivity index (χ1n) is 12.3. The summed E-state index contributed by atoms with van der Waals surface area (Å²) < 4.78 is 16.7. The van der Waals surface area contributed by atoms with E-state index in [4.69, 9.17) is 13.9 Å². The molecule has 2 aliphatic heterocycles. The lowest BCUT2D eigenvalue weighted by molar-refractivity contribution is -0.248. The van der Waals surface area contributed by atoms with Gasteiger partial charge < -0.3 is 59.8 Å². The van der Waals surface area contributed by atoms with Crippen molar-refractivity contribution in [2.24, 2.45) is 4.99 Å². The minimum Gasteiger partial charge on any atom is -0.507 e. The molecular formula is C25H33NO13. The Labute approximate surface area is 221 Å². The van der Waals surface area contributed by atoms with Crippen LogP contribution >= 0.6 is 0 Å². The summed E-state index contributed by atoms with van der Waals surface area (Å²) in [7, 11) is 0. The number of hydrogen-bond acceptors (Lipinski definition) is 14. The van der Waals surface area contributed by atoms with Crippen molar-refractivity contribution in [2.75, 3.05) is 13.2 Å². The molecule has 0 spiro atoms. The third-order valence-electron chi connectivity index (χ3n) is 7.11. The molecule has 39 heavy (non-hydrogen) atoms. The van der Waals surface area contributed by atoms with Crippen molar-refractivity contribution in [1.29, 1.82) is 0 Å². The van der Waals surface area contributed by atoms with Crippen LogP contribution in [0.1, 0.15) is 29.9 Å². The number of aliphatic hydroxyl groups is 8. The van der Waals surface area contributed by atoms with E-state index in [2.05, 4.69) is 4.99 Å². The van der Waals surface area contributed by atoms with Crippen LogP contribution in [-0.2, 0) is 15.9 Å². The zero-order chi connectivity index (χ0) is 28.8. The largest absolute Gasteiger partial charge is 0.507 e. The SMILES string of the molecule is CC(Cc1cc(=O)c2c(C)cc(O)c(C3OC(CO)C(O)C(O)C3O)c2o1)=NC1C(O)OC(CO)C(O)C1O. The van der Waals surface area contributed by atoms with Crippen molar-refractivity contribution >= 4 is 16.7 Å². The van der Waals surface area contributed by atoms with Gasteiger partial charge >= 0.3 is 0 Å². The van der Waals surface area contributed by atoms with E-state index in [9.17, 15) is 50.8 Å². The van der Waals surface area contributed by atoms with Gasteiger partial charge in [0.25, 0.3) is 0 Å². The summed E-state index contributed by atoms with van der Waals surface area (Å²) in [5.74, 6) is -0.382. The third kappa shape index (κ3) is 5.45. The van der Waals surface area contributed by atoms with E-state index in [-0.39, 0.29) is 34.4 Å². The van der Waals surface area contributed by atoms with E-state index in [0.717, 1.165) is 0 Å². The van der Waals surface area contributed by atoms with Gasteiger partial charge in [0.15, 0.2) is 11.7 Å². The molecule has 14 nitrogen and oxygen atoms in total. The lowest BCUT2D eigenvalue weighted by atomic mass is 9.89. The lowest BCUT2D eigenvalue weighted by Crippen LogP contribution is -2.58. The molecule has 216 valence electrons. The van der Waals surface area contributed by atoms with Gasteiger partial charge in [0.1, 0.15) is 72.0 Å². The van der Waals surface area contributed by atoms with Gasteiger partial charge in [-0.15, -0.1) is 0 Å². The second-order valence-electron chi connectivity index (χ2n) is 9.92. The minimum absolute atomic E-state index is 0.0408. The molecule has 1 aromatic heterocycles. The number of aliphatic hydroxyl groups excluding tert-OH is 8. The summed E-state index contributed by atoms with van der Waals surface area (Å²) >= 11 is 0. The molecule has 2 saturated heterocycles. The number of phenolic OH excluding ortho intramolecular Hbond substituents is 1. The van der Waals surface area contributed by atoms with E-state index >= 15 is 0 Å². The molecule has 0 radical (unpaired) electrons. The maximum absolute atomic E-state index is 13.1. The molecule has 9 N–H and O–H groups in total. The van der Waals surface area contributed by atoms with E-state index in [1.54, 1.807) is 6.92 Å². The molecule has 0 bridgehead atoms. The number of benzene rings is 1. The van der Waals surface area contributed by atoms with Crippen LogP contribution in [0.25, 0.3) is 11.0 Å². The predicted octanol–water partition coefficient (Wildman–Crippen LogP) is -2.87. The highest BCUT2D eigenvalue weighted by Crippen LogP contribution is 2.41. The fourth-order valence-corrected chi connectivity index (χ4v) is 5.05. The fourth-order valence-electron chi connectivity index (χ4n) is 5.05.